The number of halogens is 3. The van der Waals surface area contributed by atoms with Crippen molar-refractivity contribution in [2.24, 2.45) is 0 Å². The third-order valence-electron chi connectivity index (χ3n) is 2.56. The van der Waals surface area contributed by atoms with Gasteiger partial charge in [0.2, 0.25) is 0 Å². The van der Waals surface area contributed by atoms with Gasteiger partial charge in [0.25, 0.3) is 0 Å². The number of pyridine rings is 1. The Morgan fingerprint density at radius 2 is 1.82 bits per heavy atom. The first-order chi connectivity index (χ1) is 8.07. The Hall–Kier alpha value is -2.11. The Morgan fingerprint density at radius 3 is 2.59 bits per heavy atom. The fourth-order valence-corrected chi connectivity index (χ4v) is 1.84. The van der Waals surface area contributed by atoms with Crippen molar-refractivity contribution in [1.82, 2.24) is 15.2 Å². The molecule has 1 N–H and O–H groups in total. The summed E-state index contributed by atoms with van der Waals surface area (Å²) in [6.45, 7) is 0. The number of hydrogen-bond donors (Lipinski definition) is 1. The molecule has 0 bridgehead atoms. The number of para-hydroxylation sites is 1. The third-order valence-corrected chi connectivity index (χ3v) is 2.56. The van der Waals surface area contributed by atoms with E-state index >= 15 is 0 Å². The zero-order valence-corrected chi connectivity index (χ0v) is 8.42. The molecular formula is C11H6F3N3. The minimum Gasteiger partial charge on any atom is -0.284 e. The lowest BCUT2D eigenvalue weighted by Gasteiger charge is -2.08. The predicted molar refractivity (Wildman–Crippen MR) is 56.4 cm³/mol. The number of alkyl halides is 3. The van der Waals surface area contributed by atoms with Gasteiger partial charge in [0.05, 0.1) is 10.9 Å². The lowest BCUT2D eigenvalue weighted by Crippen LogP contribution is -2.08. The molecule has 1 aromatic carbocycles. The molecule has 0 aliphatic heterocycles. The van der Waals surface area contributed by atoms with Crippen LogP contribution in [0.25, 0.3) is 21.8 Å². The third kappa shape index (κ3) is 1.44. The molecule has 0 aliphatic rings. The van der Waals surface area contributed by atoms with Crippen molar-refractivity contribution in [2.45, 2.75) is 6.18 Å². The van der Waals surface area contributed by atoms with Crippen molar-refractivity contribution in [3.63, 3.8) is 0 Å². The number of nitrogens with zero attached hydrogens (tertiary/aromatic N) is 2. The first kappa shape index (κ1) is 10.1. The molecule has 86 valence electrons. The number of aromatic nitrogens is 3. The number of H-pyrrole nitrogens is 1. The van der Waals surface area contributed by atoms with Gasteiger partial charge in [0.15, 0.2) is 5.69 Å². The maximum Gasteiger partial charge on any atom is 0.434 e. The fourth-order valence-electron chi connectivity index (χ4n) is 1.84. The van der Waals surface area contributed by atoms with E-state index in [4.69, 9.17) is 0 Å². The maximum atomic E-state index is 12.8. The smallest absolute Gasteiger partial charge is 0.284 e. The SMILES string of the molecule is FC(F)(F)c1nc2ccccc2c2n[nH]cc12. The summed E-state index contributed by atoms with van der Waals surface area (Å²) in [5.41, 5.74) is -0.317. The number of rotatable bonds is 0. The summed E-state index contributed by atoms with van der Waals surface area (Å²) in [4.78, 5) is 3.66. The molecule has 2 aromatic heterocycles. The van der Waals surface area contributed by atoms with Crippen LogP contribution in [0.4, 0.5) is 13.2 Å². The van der Waals surface area contributed by atoms with Crippen molar-refractivity contribution < 1.29 is 13.2 Å². The molecule has 0 spiro atoms. The number of hydrogen-bond acceptors (Lipinski definition) is 2. The molecule has 0 radical (unpaired) electrons. The maximum absolute atomic E-state index is 12.8. The highest BCUT2D eigenvalue weighted by Crippen LogP contribution is 2.35. The van der Waals surface area contributed by atoms with Gasteiger partial charge < -0.3 is 0 Å². The van der Waals surface area contributed by atoms with Gasteiger partial charge in [0.1, 0.15) is 5.52 Å². The number of fused-ring (bicyclic) bond motifs is 3. The van der Waals surface area contributed by atoms with Crippen LogP contribution in [0.2, 0.25) is 0 Å². The van der Waals surface area contributed by atoms with E-state index in [0.717, 1.165) is 0 Å². The van der Waals surface area contributed by atoms with E-state index in [1.54, 1.807) is 24.3 Å². The highest BCUT2D eigenvalue weighted by Gasteiger charge is 2.35. The second kappa shape index (κ2) is 3.19. The van der Waals surface area contributed by atoms with Crippen LogP contribution < -0.4 is 0 Å². The van der Waals surface area contributed by atoms with Gasteiger partial charge in [-0.3, -0.25) is 5.10 Å². The molecule has 17 heavy (non-hydrogen) atoms. The summed E-state index contributed by atoms with van der Waals surface area (Å²) in [7, 11) is 0. The lowest BCUT2D eigenvalue weighted by molar-refractivity contribution is -0.139. The molecule has 0 amide bonds. The quantitative estimate of drug-likeness (QED) is 0.652. The molecule has 0 aliphatic carbocycles. The topological polar surface area (TPSA) is 41.6 Å². The lowest BCUT2D eigenvalue weighted by atomic mass is 10.1. The Kier molecular flexibility index (Phi) is 1.89. The summed E-state index contributed by atoms with van der Waals surface area (Å²) < 4.78 is 38.5. The van der Waals surface area contributed by atoms with Gasteiger partial charge in [-0.15, -0.1) is 0 Å². The monoisotopic (exact) mass is 237 g/mol. The average Bonchev–Trinajstić information content (AvgIpc) is 2.75. The van der Waals surface area contributed by atoms with Crippen LogP contribution in [0.1, 0.15) is 5.69 Å². The number of aromatic amines is 1. The molecule has 2 heterocycles. The normalized spacial score (nSPS) is 12.4. The second-order valence-corrected chi connectivity index (χ2v) is 3.62. The predicted octanol–water partition coefficient (Wildman–Crippen LogP) is 3.13. The summed E-state index contributed by atoms with van der Waals surface area (Å²) in [5, 5.41) is 6.91. The van der Waals surface area contributed by atoms with Crippen LogP contribution in [0.5, 0.6) is 0 Å². The Morgan fingerprint density at radius 1 is 1.06 bits per heavy atom. The Balaban J connectivity index is 2.53. The molecule has 0 fully saturated rings. The minimum atomic E-state index is -4.48. The van der Waals surface area contributed by atoms with Gasteiger partial charge in [-0.25, -0.2) is 4.98 Å². The fraction of sp³-hybridized carbons (Fsp3) is 0.0909. The largest absolute Gasteiger partial charge is 0.434 e. The molecule has 0 saturated heterocycles. The van der Waals surface area contributed by atoms with Crippen LogP contribution >= 0.6 is 0 Å². The summed E-state index contributed by atoms with van der Waals surface area (Å²) >= 11 is 0. The van der Waals surface area contributed by atoms with Crippen molar-refractivity contribution in [1.29, 1.82) is 0 Å². The van der Waals surface area contributed by atoms with Crippen LogP contribution in [-0.2, 0) is 6.18 Å². The number of nitrogens with one attached hydrogen (secondary N) is 1. The van der Waals surface area contributed by atoms with Gasteiger partial charge in [0, 0.05) is 11.6 Å². The average molecular weight is 237 g/mol. The first-order valence-corrected chi connectivity index (χ1v) is 4.87. The van der Waals surface area contributed by atoms with Crippen LogP contribution in [0.3, 0.4) is 0 Å². The van der Waals surface area contributed by atoms with E-state index in [2.05, 4.69) is 15.2 Å². The van der Waals surface area contributed by atoms with Crippen LogP contribution in [0, 0.1) is 0 Å². The van der Waals surface area contributed by atoms with Gasteiger partial charge in [-0.05, 0) is 6.07 Å². The molecule has 0 atom stereocenters. The van der Waals surface area contributed by atoms with Gasteiger partial charge >= 0.3 is 6.18 Å². The molecule has 6 heteroatoms. The molecule has 3 aromatic rings. The van der Waals surface area contributed by atoms with Gasteiger partial charge in [-0.1, -0.05) is 18.2 Å². The summed E-state index contributed by atoms with van der Waals surface area (Å²) in [6, 6.07) is 6.63. The molecule has 0 saturated carbocycles. The van der Waals surface area contributed by atoms with E-state index in [1.165, 1.54) is 6.20 Å². The number of benzene rings is 1. The molecule has 0 unspecified atom stereocenters. The standard InChI is InChI=1S/C11H6F3N3/c12-11(13,14)10-7-5-15-17-9(7)6-3-1-2-4-8(6)16-10/h1-5H,(H,15,17). The summed E-state index contributed by atoms with van der Waals surface area (Å²) in [5.74, 6) is 0. The minimum absolute atomic E-state index is 0.00352. The Bertz CT molecular complexity index is 700. The highest BCUT2D eigenvalue weighted by atomic mass is 19.4. The van der Waals surface area contributed by atoms with Crippen LogP contribution in [0.15, 0.2) is 30.5 Å². The molecular weight excluding hydrogens is 231 g/mol. The zero-order valence-electron chi connectivity index (χ0n) is 8.42. The van der Waals surface area contributed by atoms with Crippen molar-refractivity contribution in [3.05, 3.63) is 36.2 Å². The van der Waals surface area contributed by atoms with E-state index in [1.807, 2.05) is 0 Å². The summed E-state index contributed by atoms with van der Waals surface area (Å²) in [6.07, 6.45) is -3.26. The van der Waals surface area contributed by atoms with E-state index in [-0.39, 0.29) is 5.39 Å². The van der Waals surface area contributed by atoms with Crippen molar-refractivity contribution >= 4 is 21.8 Å². The first-order valence-electron chi connectivity index (χ1n) is 4.87. The molecule has 3 nitrogen and oxygen atoms in total. The van der Waals surface area contributed by atoms with Crippen LogP contribution in [-0.4, -0.2) is 15.2 Å². The van der Waals surface area contributed by atoms with E-state index in [0.29, 0.717) is 16.4 Å². The molecule has 3 rings (SSSR count). The highest BCUT2D eigenvalue weighted by molar-refractivity contribution is 6.04. The van der Waals surface area contributed by atoms with Gasteiger partial charge in [-0.2, -0.15) is 18.3 Å². The zero-order chi connectivity index (χ0) is 12.0. The van der Waals surface area contributed by atoms with Crippen molar-refractivity contribution in [2.75, 3.05) is 0 Å². The van der Waals surface area contributed by atoms with Crippen molar-refractivity contribution in [3.8, 4) is 0 Å². The second-order valence-electron chi connectivity index (χ2n) is 3.62. The van der Waals surface area contributed by atoms with E-state index in [9.17, 15) is 13.2 Å². The van der Waals surface area contributed by atoms with E-state index < -0.39 is 11.9 Å². The Labute approximate surface area is 93.3 Å².